The molecule has 0 aliphatic rings. The van der Waals surface area contributed by atoms with Gasteiger partial charge in [0.15, 0.2) is 9.84 Å². The molecule has 1 atom stereocenters. The number of rotatable bonds is 7. The minimum Gasteiger partial charge on any atom is -0.313 e. The molecule has 0 spiro atoms. The molecule has 0 fully saturated rings. The Morgan fingerprint density at radius 3 is 2.71 bits per heavy atom. The maximum absolute atomic E-state index is 11.4. The van der Waals surface area contributed by atoms with E-state index in [2.05, 4.69) is 5.32 Å². The van der Waals surface area contributed by atoms with Gasteiger partial charge in [0, 0.05) is 23.2 Å². The molecule has 0 bridgehead atoms. The van der Waals surface area contributed by atoms with Crippen molar-refractivity contribution < 1.29 is 8.42 Å². The molecule has 0 amide bonds. The average molecular weight is 296 g/mol. The first-order chi connectivity index (χ1) is 7.93. The van der Waals surface area contributed by atoms with Crippen LogP contribution in [0.2, 0.25) is 4.34 Å². The summed E-state index contributed by atoms with van der Waals surface area (Å²) >= 11 is 7.39. The quantitative estimate of drug-likeness (QED) is 0.840. The van der Waals surface area contributed by atoms with Crippen LogP contribution in [0, 0.1) is 0 Å². The van der Waals surface area contributed by atoms with Gasteiger partial charge in [0.25, 0.3) is 0 Å². The first kappa shape index (κ1) is 15.0. The van der Waals surface area contributed by atoms with Gasteiger partial charge in [-0.2, -0.15) is 0 Å². The summed E-state index contributed by atoms with van der Waals surface area (Å²) in [5.74, 6) is 0.411. The standard InChI is InChI=1S/C11H18ClNO2S2/c1-3-17(14,15)8-9(2)13-7-6-10-4-5-11(12)16-10/h4-5,9,13H,3,6-8H2,1-2H3. The molecule has 6 heteroatoms. The molecule has 0 saturated carbocycles. The second-order valence-electron chi connectivity index (χ2n) is 4.01. The van der Waals surface area contributed by atoms with Crippen LogP contribution in [0.3, 0.4) is 0 Å². The zero-order valence-electron chi connectivity index (χ0n) is 10.1. The van der Waals surface area contributed by atoms with Gasteiger partial charge < -0.3 is 5.32 Å². The predicted molar refractivity (Wildman–Crippen MR) is 74.8 cm³/mol. The first-order valence-electron chi connectivity index (χ1n) is 5.61. The molecule has 3 nitrogen and oxygen atoms in total. The maximum atomic E-state index is 11.4. The Morgan fingerprint density at radius 1 is 1.47 bits per heavy atom. The second kappa shape index (κ2) is 6.73. The zero-order valence-corrected chi connectivity index (χ0v) is 12.5. The molecular weight excluding hydrogens is 278 g/mol. The monoisotopic (exact) mass is 295 g/mol. The molecule has 1 aromatic heterocycles. The van der Waals surface area contributed by atoms with Gasteiger partial charge in [-0.25, -0.2) is 8.42 Å². The highest BCUT2D eigenvalue weighted by atomic mass is 35.5. The number of hydrogen-bond acceptors (Lipinski definition) is 4. The van der Waals surface area contributed by atoms with E-state index in [0.717, 1.165) is 17.3 Å². The van der Waals surface area contributed by atoms with Crippen LogP contribution in [-0.4, -0.2) is 32.5 Å². The molecule has 0 aliphatic heterocycles. The summed E-state index contributed by atoms with van der Waals surface area (Å²) in [6, 6.07) is 3.88. The lowest BCUT2D eigenvalue weighted by Crippen LogP contribution is -2.34. The number of hydrogen-bond donors (Lipinski definition) is 1. The highest BCUT2D eigenvalue weighted by molar-refractivity contribution is 7.91. The van der Waals surface area contributed by atoms with Crippen LogP contribution >= 0.6 is 22.9 Å². The lowest BCUT2D eigenvalue weighted by molar-refractivity contribution is 0.559. The van der Waals surface area contributed by atoms with Crippen molar-refractivity contribution in [2.24, 2.45) is 0 Å². The van der Waals surface area contributed by atoms with Gasteiger partial charge in [-0.15, -0.1) is 11.3 Å². The van der Waals surface area contributed by atoms with Gasteiger partial charge in [0.05, 0.1) is 10.1 Å². The fourth-order valence-electron chi connectivity index (χ4n) is 1.49. The fourth-order valence-corrected chi connectivity index (χ4v) is 3.69. The van der Waals surface area contributed by atoms with Crippen molar-refractivity contribution in [1.82, 2.24) is 5.32 Å². The van der Waals surface area contributed by atoms with Gasteiger partial charge in [0.1, 0.15) is 0 Å². The van der Waals surface area contributed by atoms with E-state index in [-0.39, 0.29) is 17.5 Å². The van der Waals surface area contributed by atoms with E-state index in [1.165, 1.54) is 4.88 Å². The van der Waals surface area contributed by atoms with Gasteiger partial charge in [-0.3, -0.25) is 0 Å². The van der Waals surface area contributed by atoms with E-state index < -0.39 is 9.84 Å². The first-order valence-corrected chi connectivity index (χ1v) is 8.62. The van der Waals surface area contributed by atoms with Crippen molar-refractivity contribution in [1.29, 1.82) is 0 Å². The highest BCUT2D eigenvalue weighted by Gasteiger charge is 2.12. The van der Waals surface area contributed by atoms with Crippen molar-refractivity contribution in [2.75, 3.05) is 18.1 Å². The number of thiophene rings is 1. The Bertz CT molecular complexity index is 442. The minimum absolute atomic E-state index is 0.00427. The second-order valence-corrected chi connectivity index (χ2v) is 8.21. The van der Waals surface area contributed by atoms with Crippen molar-refractivity contribution >= 4 is 32.8 Å². The molecule has 1 unspecified atom stereocenters. The van der Waals surface area contributed by atoms with Crippen molar-refractivity contribution in [2.45, 2.75) is 26.3 Å². The van der Waals surface area contributed by atoms with Crippen LogP contribution in [0.15, 0.2) is 12.1 Å². The predicted octanol–water partition coefficient (Wildman–Crippen LogP) is 2.36. The Morgan fingerprint density at radius 2 is 2.18 bits per heavy atom. The average Bonchev–Trinajstić information content (AvgIpc) is 2.63. The van der Waals surface area contributed by atoms with Crippen LogP contribution < -0.4 is 5.32 Å². The van der Waals surface area contributed by atoms with E-state index in [9.17, 15) is 8.42 Å². The van der Waals surface area contributed by atoms with Crippen LogP contribution in [0.1, 0.15) is 18.7 Å². The third kappa shape index (κ3) is 5.86. The van der Waals surface area contributed by atoms with E-state index in [1.54, 1.807) is 18.3 Å². The fraction of sp³-hybridized carbons (Fsp3) is 0.636. The van der Waals surface area contributed by atoms with E-state index in [0.29, 0.717) is 0 Å². The summed E-state index contributed by atoms with van der Waals surface area (Å²) in [7, 11) is -2.89. The SMILES string of the molecule is CCS(=O)(=O)CC(C)NCCc1ccc(Cl)s1. The summed E-state index contributed by atoms with van der Waals surface area (Å²) in [6.07, 6.45) is 0.883. The number of nitrogens with one attached hydrogen (secondary N) is 1. The molecule has 1 N–H and O–H groups in total. The molecule has 0 aromatic carbocycles. The minimum atomic E-state index is -2.89. The van der Waals surface area contributed by atoms with E-state index in [4.69, 9.17) is 11.6 Å². The van der Waals surface area contributed by atoms with Crippen LogP contribution in [-0.2, 0) is 16.3 Å². The third-order valence-electron chi connectivity index (χ3n) is 2.44. The van der Waals surface area contributed by atoms with Crippen molar-refractivity contribution in [3.8, 4) is 0 Å². The molecule has 1 rings (SSSR count). The maximum Gasteiger partial charge on any atom is 0.151 e. The van der Waals surface area contributed by atoms with Gasteiger partial charge >= 0.3 is 0 Å². The van der Waals surface area contributed by atoms with E-state index >= 15 is 0 Å². The largest absolute Gasteiger partial charge is 0.313 e. The van der Waals surface area contributed by atoms with Crippen LogP contribution in [0.4, 0.5) is 0 Å². The third-order valence-corrected chi connectivity index (χ3v) is 5.62. The Hall–Kier alpha value is -0.100. The highest BCUT2D eigenvalue weighted by Crippen LogP contribution is 2.21. The molecular formula is C11H18ClNO2S2. The Labute approximate surface area is 112 Å². The summed E-state index contributed by atoms with van der Waals surface area (Å²) in [5, 5.41) is 3.22. The zero-order chi connectivity index (χ0) is 12.9. The van der Waals surface area contributed by atoms with Gasteiger partial charge in [-0.1, -0.05) is 18.5 Å². The molecule has 0 saturated heterocycles. The van der Waals surface area contributed by atoms with Gasteiger partial charge in [0.2, 0.25) is 0 Å². The molecule has 1 heterocycles. The van der Waals surface area contributed by atoms with Gasteiger partial charge in [-0.05, 0) is 25.5 Å². The number of halogens is 1. The number of sulfone groups is 1. The summed E-state index contributed by atoms with van der Waals surface area (Å²) in [4.78, 5) is 1.22. The topological polar surface area (TPSA) is 46.2 Å². The molecule has 0 aliphatic carbocycles. The lowest BCUT2D eigenvalue weighted by Gasteiger charge is -2.12. The Kier molecular flexibility index (Phi) is 5.92. The van der Waals surface area contributed by atoms with E-state index in [1.807, 2.05) is 19.1 Å². The molecule has 1 aromatic rings. The lowest BCUT2D eigenvalue weighted by atomic mass is 10.3. The molecule has 0 radical (unpaired) electrons. The Balaban J connectivity index is 2.27. The molecule has 98 valence electrons. The smallest absolute Gasteiger partial charge is 0.151 e. The normalized spacial score (nSPS) is 13.8. The summed E-state index contributed by atoms with van der Waals surface area (Å²) < 4.78 is 23.6. The summed E-state index contributed by atoms with van der Waals surface area (Å²) in [5.41, 5.74) is 0. The van der Waals surface area contributed by atoms with Crippen molar-refractivity contribution in [3.05, 3.63) is 21.3 Å². The van der Waals surface area contributed by atoms with Crippen molar-refractivity contribution in [3.63, 3.8) is 0 Å². The van der Waals surface area contributed by atoms with Crippen LogP contribution in [0.25, 0.3) is 0 Å². The molecule has 17 heavy (non-hydrogen) atoms. The summed E-state index contributed by atoms with van der Waals surface area (Å²) in [6.45, 7) is 4.35. The van der Waals surface area contributed by atoms with Crippen LogP contribution in [0.5, 0.6) is 0 Å².